The van der Waals surface area contributed by atoms with Gasteiger partial charge in [0.05, 0.1) is 25.4 Å². The second-order valence-electron chi connectivity index (χ2n) is 5.25. The van der Waals surface area contributed by atoms with E-state index in [-0.39, 0.29) is 5.60 Å². The Morgan fingerprint density at radius 3 is 2.62 bits per heavy atom. The summed E-state index contributed by atoms with van der Waals surface area (Å²) in [5.74, 6) is 0. The van der Waals surface area contributed by atoms with Crippen molar-refractivity contribution in [2.24, 2.45) is 0 Å². The quantitative estimate of drug-likeness (QED) is 0.694. The van der Waals surface area contributed by atoms with Gasteiger partial charge in [0.25, 0.3) is 0 Å². The van der Waals surface area contributed by atoms with Gasteiger partial charge >= 0.3 is 0 Å². The third-order valence-corrected chi connectivity index (χ3v) is 4.27. The maximum atomic E-state index is 6.12. The molecule has 0 aromatic heterocycles. The Kier molecular flexibility index (Phi) is 3.16. The molecule has 0 aromatic carbocycles. The number of ether oxygens (including phenoxy) is 2. The molecule has 3 aliphatic heterocycles. The lowest BCUT2D eigenvalue weighted by molar-refractivity contribution is -0.0221. The maximum absolute atomic E-state index is 6.12. The van der Waals surface area contributed by atoms with Gasteiger partial charge in [-0.1, -0.05) is 0 Å². The van der Waals surface area contributed by atoms with Crippen LogP contribution >= 0.6 is 0 Å². The first-order valence-corrected chi connectivity index (χ1v) is 6.55. The summed E-state index contributed by atoms with van der Waals surface area (Å²) in [6, 6.07) is 0.641. The average molecular weight is 226 g/mol. The van der Waals surface area contributed by atoms with E-state index < -0.39 is 0 Å². The van der Waals surface area contributed by atoms with Gasteiger partial charge in [0.2, 0.25) is 0 Å². The zero-order chi connectivity index (χ0) is 10.8. The minimum absolute atomic E-state index is 0.203. The van der Waals surface area contributed by atoms with Crippen molar-refractivity contribution < 1.29 is 9.47 Å². The van der Waals surface area contributed by atoms with Crippen LogP contribution < -0.4 is 5.32 Å². The Morgan fingerprint density at radius 1 is 1.12 bits per heavy atom. The SMILES string of the molecule is C1CC2(CCN1)C[C@@H](N1CCOCC1)CO2. The molecule has 4 nitrogen and oxygen atoms in total. The maximum Gasteiger partial charge on any atom is 0.0723 e. The molecule has 0 saturated carbocycles. The third kappa shape index (κ3) is 2.12. The molecular weight excluding hydrogens is 204 g/mol. The van der Waals surface area contributed by atoms with Gasteiger partial charge in [-0.2, -0.15) is 0 Å². The molecule has 92 valence electrons. The van der Waals surface area contributed by atoms with Gasteiger partial charge in [0, 0.05) is 19.1 Å². The van der Waals surface area contributed by atoms with Crippen LogP contribution in [0.1, 0.15) is 19.3 Å². The molecule has 1 N–H and O–H groups in total. The zero-order valence-electron chi connectivity index (χ0n) is 9.91. The molecule has 3 heterocycles. The number of nitrogens with zero attached hydrogens (tertiary/aromatic N) is 1. The van der Waals surface area contributed by atoms with Crippen LogP contribution in [-0.2, 0) is 9.47 Å². The summed E-state index contributed by atoms with van der Waals surface area (Å²) in [6.07, 6.45) is 3.61. The van der Waals surface area contributed by atoms with Crippen molar-refractivity contribution in [2.75, 3.05) is 46.0 Å². The van der Waals surface area contributed by atoms with Crippen LogP contribution in [0.15, 0.2) is 0 Å². The normalized spacial score (nSPS) is 35.6. The van der Waals surface area contributed by atoms with Crippen molar-refractivity contribution in [1.82, 2.24) is 10.2 Å². The van der Waals surface area contributed by atoms with E-state index in [1.807, 2.05) is 0 Å². The summed E-state index contributed by atoms with van der Waals surface area (Å²) in [5, 5.41) is 3.42. The van der Waals surface area contributed by atoms with Crippen LogP contribution in [0.4, 0.5) is 0 Å². The minimum Gasteiger partial charge on any atom is -0.379 e. The standard InChI is InChI=1S/C12H22N2O2/c1-3-13-4-2-12(1)9-11(10-16-12)14-5-7-15-8-6-14/h11,13H,1-10H2/t11-/m1/s1. The van der Waals surface area contributed by atoms with E-state index in [1.54, 1.807) is 0 Å². The Labute approximate surface area is 97.3 Å². The highest BCUT2D eigenvalue weighted by Crippen LogP contribution is 2.36. The van der Waals surface area contributed by atoms with E-state index in [0.717, 1.165) is 46.0 Å². The lowest BCUT2D eigenvalue weighted by atomic mass is 9.88. The van der Waals surface area contributed by atoms with E-state index in [9.17, 15) is 0 Å². The van der Waals surface area contributed by atoms with Crippen LogP contribution in [-0.4, -0.2) is 62.5 Å². The van der Waals surface area contributed by atoms with Gasteiger partial charge < -0.3 is 14.8 Å². The summed E-state index contributed by atoms with van der Waals surface area (Å²) >= 11 is 0. The van der Waals surface area contributed by atoms with E-state index in [2.05, 4.69) is 10.2 Å². The smallest absolute Gasteiger partial charge is 0.0723 e. The Bertz CT molecular complexity index is 235. The van der Waals surface area contributed by atoms with E-state index in [1.165, 1.54) is 19.3 Å². The van der Waals surface area contributed by atoms with Gasteiger partial charge in [0.1, 0.15) is 0 Å². The molecule has 0 aromatic rings. The van der Waals surface area contributed by atoms with E-state index in [4.69, 9.17) is 9.47 Å². The van der Waals surface area contributed by atoms with Gasteiger partial charge in [-0.15, -0.1) is 0 Å². The molecule has 0 aliphatic carbocycles. The van der Waals surface area contributed by atoms with Crippen LogP contribution in [0.5, 0.6) is 0 Å². The fraction of sp³-hybridized carbons (Fsp3) is 1.00. The molecule has 3 saturated heterocycles. The van der Waals surface area contributed by atoms with Gasteiger partial charge in [-0.25, -0.2) is 0 Å². The summed E-state index contributed by atoms with van der Waals surface area (Å²) in [6.45, 7) is 7.13. The molecule has 3 rings (SSSR count). The predicted octanol–water partition coefficient (Wildman–Crippen LogP) is 0.230. The molecule has 4 heteroatoms. The number of rotatable bonds is 1. The largest absolute Gasteiger partial charge is 0.379 e. The molecule has 1 spiro atoms. The second kappa shape index (κ2) is 4.61. The highest BCUT2D eigenvalue weighted by Gasteiger charge is 2.43. The first-order valence-electron chi connectivity index (χ1n) is 6.55. The number of nitrogens with one attached hydrogen (secondary N) is 1. The average Bonchev–Trinajstić information content (AvgIpc) is 2.75. The van der Waals surface area contributed by atoms with Crippen molar-refractivity contribution in [3.05, 3.63) is 0 Å². The second-order valence-corrected chi connectivity index (χ2v) is 5.25. The first kappa shape index (κ1) is 11.0. The summed E-state index contributed by atoms with van der Waals surface area (Å²) in [4.78, 5) is 2.56. The molecule has 0 radical (unpaired) electrons. The van der Waals surface area contributed by atoms with Crippen molar-refractivity contribution in [3.63, 3.8) is 0 Å². The Hall–Kier alpha value is -0.160. The van der Waals surface area contributed by atoms with Gasteiger partial charge in [-0.3, -0.25) is 4.90 Å². The topological polar surface area (TPSA) is 33.7 Å². The van der Waals surface area contributed by atoms with Crippen molar-refractivity contribution in [1.29, 1.82) is 0 Å². The third-order valence-electron chi connectivity index (χ3n) is 4.27. The molecule has 0 bridgehead atoms. The fourth-order valence-corrected chi connectivity index (χ4v) is 3.23. The molecule has 1 atom stereocenters. The lowest BCUT2D eigenvalue weighted by Gasteiger charge is -2.35. The molecule has 0 unspecified atom stereocenters. The highest BCUT2D eigenvalue weighted by atomic mass is 16.5. The van der Waals surface area contributed by atoms with Gasteiger partial charge in [0.15, 0.2) is 0 Å². The summed E-state index contributed by atoms with van der Waals surface area (Å²) in [7, 11) is 0. The van der Waals surface area contributed by atoms with Gasteiger partial charge in [-0.05, 0) is 32.4 Å². The number of hydrogen-bond acceptors (Lipinski definition) is 4. The van der Waals surface area contributed by atoms with Crippen molar-refractivity contribution in [2.45, 2.75) is 30.9 Å². The fourth-order valence-electron chi connectivity index (χ4n) is 3.23. The molecule has 3 fully saturated rings. The lowest BCUT2D eigenvalue weighted by Crippen LogP contribution is -2.46. The van der Waals surface area contributed by atoms with Crippen molar-refractivity contribution >= 4 is 0 Å². The van der Waals surface area contributed by atoms with E-state index in [0.29, 0.717) is 6.04 Å². The van der Waals surface area contributed by atoms with Crippen LogP contribution in [0.2, 0.25) is 0 Å². The first-order chi connectivity index (χ1) is 7.88. The molecule has 3 aliphatic rings. The van der Waals surface area contributed by atoms with Crippen LogP contribution in [0.3, 0.4) is 0 Å². The molecular formula is C12H22N2O2. The summed E-state index contributed by atoms with van der Waals surface area (Å²) < 4.78 is 11.5. The summed E-state index contributed by atoms with van der Waals surface area (Å²) in [5.41, 5.74) is 0.203. The highest BCUT2D eigenvalue weighted by molar-refractivity contribution is 4.96. The molecule has 16 heavy (non-hydrogen) atoms. The number of morpholine rings is 1. The van der Waals surface area contributed by atoms with Crippen LogP contribution in [0, 0.1) is 0 Å². The number of hydrogen-bond donors (Lipinski definition) is 1. The Balaban J connectivity index is 1.58. The molecule has 0 amide bonds. The Morgan fingerprint density at radius 2 is 1.88 bits per heavy atom. The van der Waals surface area contributed by atoms with E-state index >= 15 is 0 Å². The minimum atomic E-state index is 0.203. The predicted molar refractivity (Wildman–Crippen MR) is 61.6 cm³/mol. The van der Waals surface area contributed by atoms with Crippen molar-refractivity contribution in [3.8, 4) is 0 Å². The van der Waals surface area contributed by atoms with Crippen LogP contribution in [0.25, 0.3) is 0 Å². The monoisotopic (exact) mass is 226 g/mol. The number of piperidine rings is 1. The zero-order valence-corrected chi connectivity index (χ0v) is 9.91.